The molecule has 0 unspecified atom stereocenters. The molecular formula is C9H13NOS. The molecule has 2 nitrogen and oxygen atoms in total. The van der Waals surface area contributed by atoms with Crippen LogP contribution in [0.25, 0.3) is 0 Å². The van der Waals surface area contributed by atoms with E-state index in [1.807, 2.05) is 0 Å². The standard InChI is InChI=1S/C9H13NOS/c1-6-3-2-4-7-9(6)12-8(5-11)10-7/h6,11H,2-5H2,1H3/t6-/m0/s1. The zero-order chi connectivity index (χ0) is 8.55. The van der Waals surface area contributed by atoms with Crippen molar-refractivity contribution in [1.29, 1.82) is 0 Å². The first kappa shape index (κ1) is 8.20. The Bertz CT molecular complexity index is 282. The van der Waals surface area contributed by atoms with E-state index in [2.05, 4.69) is 11.9 Å². The van der Waals surface area contributed by atoms with Crippen molar-refractivity contribution in [2.45, 2.75) is 38.7 Å². The van der Waals surface area contributed by atoms with Gasteiger partial charge in [-0.2, -0.15) is 0 Å². The van der Waals surface area contributed by atoms with Gasteiger partial charge >= 0.3 is 0 Å². The Morgan fingerprint density at radius 1 is 1.67 bits per heavy atom. The van der Waals surface area contributed by atoms with E-state index in [0.29, 0.717) is 5.92 Å². The molecule has 1 aromatic heterocycles. The Morgan fingerprint density at radius 2 is 2.50 bits per heavy atom. The van der Waals surface area contributed by atoms with E-state index in [-0.39, 0.29) is 6.61 Å². The average molecular weight is 183 g/mol. The monoisotopic (exact) mass is 183 g/mol. The highest BCUT2D eigenvalue weighted by molar-refractivity contribution is 7.11. The molecule has 0 aromatic carbocycles. The van der Waals surface area contributed by atoms with Crippen molar-refractivity contribution in [3.8, 4) is 0 Å². The average Bonchev–Trinajstić information content (AvgIpc) is 2.49. The van der Waals surface area contributed by atoms with Crippen LogP contribution in [0.3, 0.4) is 0 Å². The minimum atomic E-state index is 0.102. The van der Waals surface area contributed by atoms with Crippen molar-refractivity contribution in [2.24, 2.45) is 0 Å². The van der Waals surface area contributed by atoms with Crippen LogP contribution in [0.2, 0.25) is 0 Å². The first-order valence-electron chi connectivity index (χ1n) is 4.40. The third kappa shape index (κ3) is 1.27. The molecule has 0 radical (unpaired) electrons. The van der Waals surface area contributed by atoms with Crippen molar-refractivity contribution in [3.05, 3.63) is 15.6 Å². The summed E-state index contributed by atoms with van der Waals surface area (Å²) in [5.41, 5.74) is 1.24. The Labute approximate surface area is 76.3 Å². The molecule has 0 bridgehead atoms. The van der Waals surface area contributed by atoms with Crippen LogP contribution < -0.4 is 0 Å². The number of hydrogen-bond acceptors (Lipinski definition) is 3. The molecule has 1 N–H and O–H groups in total. The number of aromatic nitrogens is 1. The van der Waals surface area contributed by atoms with Crippen LogP contribution in [0.5, 0.6) is 0 Å². The van der Waals surface area contributed by atoms with E-state index in [9.17, 15) is 0 Å². The zero-order valence-corrected chi connectivity index (χ0v) is 8.02. The maximum Gasteiger partial charge on any atom is 0.119 e. The van der Waals surface area contributed by atoms with Gasteiger partial charge in [-0.1, -0.05) is 6.92 Å². The van der Waals surface area contributed by atoms with Gasteiger partial charge in [0, 0.05) is 4.88 Å². The summed E-state index contributed by atoms with van der Waals surface area (Å²) in [6.45, 7) is 2.35. The molecule has 0 aliphatic heterocycles. The van der Waals surface area contributed by atoms with Crippen molar-refractivity contribution < 1.29 is 5.11 Å². The molecule has 12 heavy (non-hydrogen) atoms. The van der Waals surface area contributed by atoms with Crippen molar-refractivity contribution in [3.63, 3.8) is 0 Å². The lowest BCUT2D eigenvalue weighted by atomic mass is 9.94. The van der Waals surface area contributed by atoms with Crippen LogP contribution in [0, 0.1) is 0 Å². The molecule has 1 atom stereocenters. The molecule has 1 aliphatic carbocycles. The molecule has 2 rings (SSSR count). The number of hydrogen-bond donors (Lipinski definition) is 1. The molecular weight excluding hydrogens is 170 g/mol. The fraction of sp³-hybridized carbons (Fsp3) is 0.667. The van der Waals surface area contributed by atoms with E-state index in [4.69, 9.17) is 5.11 Å². The largest absolute Gasteiger partial charge is 0.389 e. The Morgan fingerprint density at radius 3 is 3.17 bits per heavy atom. The molecule has 0 spiro atoms. The highest BCUT2D eigenvalue weighted by Crippen LogP contribution is 2.35. The maximum atomic E-state index is 8.92. The van der Waals surface area contributed by atoms with Crippen molar-refractivity contribution in [1.82, 2.24) is 4.98 Å². The van der Waals surface area contributed by atoms with Gasteiger partial charge in [-0.05, 0) is 25.2 Å². The highest BCUT2D eigenvalue weighted by atomic mass is 32.1. The molecule has 1 heterocycles. The summed E-state index contributed by atoms with van der Waals surface area (Å²) in [5.74, 6) is 0.659. The fourth-order valence-corrected chi connectivity index (χ4v) is 2.81. The minimum Gasteiger partial charge on any atom is -0.389 e. The number of nitrogens with zero attached hydrogens (tertiary/aromatic N) is 1. The van der Waals surface area contributed by atoms with Crippen molar-refractivity contribution >= 4 is 11.3 Å². The van der Waals surface area contributed by atoms with Gasteiger partial charge < -0.3 is 5.11 Å². The minimum absolute atomic E-state index is 0.102. The molecule has 1 aliphatic rings. The van der Waals surface area contributed by atoms with Gasteiger partial charge in [-0.15, -0.1) is 11.3 Å². The SMILES string of the molecule is C[C@H]1CCCc2nc(CO)sc21. The van der Waals surface area contributed by atoms with Gasteiger partial charge in [0.2, 0.25) is 0 Å². The van der Waals surface area contributed by atoms with Gasteiger partial charge in [-0.25, -0.2) is 4.98 Å². The second-order valence-electron chi connectivity index (χ2n) is 3.37. The third-order valence-corrected chi connectivity index (χ3v) is 3.72. The molecule has 0 saturated carbocycles. The summed E-state index contributed by atoms with van der Waals surface area (Å²) in [7, 11) is 0. The van der Waals surface area contributed by atoms with Crippen LogP contribution in [0.1, 0.15) is 41.3 Å². The number of aliphatic hydroxyl groups excluding tert-OH is 1. The normalized spacial score (nSPS) is 22.3. The quantitative estimate of drug-likeness (QED) is 0.723. The summed E-state index contributed by atoms with van der Waals surface area (Å²) < 4.78 is 0. The molecule has 0 saturated heterocycles. The van der Waals surface area contributed by atoms with E-state index < -0.39 is 0 Å². The summed E-state index contributed by atoms with van der Waals surface area (Å²) >= 11 is 1.68. The number of aliphatic hydroxyl groups is 1. The summed E-state index contributed by atoms with van der Waals surface area (Å²) in [6.07, 6.45) is 3.64. The Balaban J connectivity index is 2.37. The fourth-order valence-electron chi connectivity index (χ4n) is 1.75. The van der Waals surface area contributed by atoms with Gasteiger partial charge in [0.1, 0.15) is 5.01 Å². The number of fused-ring (bicyclic) bond motifs is 1. The molecule has 3 heteroatoms. The van der Waals surface area contributed by atoms with Crippen LogP contribution >= 0.6 is 11.3 Å². The van der Waals surface area contributed by atoms with Crippen LogP contribution in [-0.2, 0) is 13.0 Å². The predicted molar refractivity (Wildman–Crippen MR) is 49.4 cm³/mol. The first-order valence-corrected chi connectivity index (χ1v) is 5.22. The topological polar surface area (TPSA) is 33.1 Å². The van der Waals surface area contributed by atoms with Gasteiger partial charge in [0.25, 0.3) is 0 Å². The number of aryl methyl sites for hydroxylation is 1. The van der Waals surface area contributed by atoms with Crippen LogP contribution in [0.15, 0.2) is 0 Å². The number of rotatable bonds is 1. The first-order chi connectivity index (χ1) is 5.81. The molecule has 1 aromatic rings. The third-order valence-electron chi connectivity index (χ3n) is 2.41. The predicted octanol–water partition coefficient (Wildman–Crippen LogP) is 2.08. The lowest BCUT2D eigenvalue weighted by Crippen LogP contribution is -2.03. The Hall–Kier alpha value is -0.410. The van der Waals surface area contributed by atoms with Gasteiger partial charge in [0.05, 0.1) is 12.3 Å². The smallest absolute Gasteiger partial charge is 0.119 e. The number of thiazole rings is 1. The van der Waals surface area contributed by atoms with E-state index in [1.54, 1.807) is 11.3 Å². The summed E-state index contributed by atoms with van der Waals surface area (Å²) in [5, 5.41) is 9.80. The second-order valence-corrected chi connectivity index (χ2v) is 4.49. The zero-order valence-electron chi connectivity index (χ0n) is 7.21. The van der Waals surface area contributed by atoms with E-state index in [1.165, 1.54) is 23.4 Å². The van der Waals surface area contributed by atoms with Crippen LogP contribution in [0.4, 0.5) is 0 Å². The van der Waals surface area contributed by atoms with Gasteiger partial charge in [-0.3, -0.25) is 0 Å². The highest BCUT2D eigenvalue weighted by Gasteiger charge is 2.20. The van der Waals surface area contributed by atoms with Crippen molar-refractivity contribution in [2.75, 3.05) is 0 Å². The summed E-state index contributed by atoms with van der Waals surface area (Å²) in [4.78, 5) is 5.80. The lowest BCUT2D eigenvalue weighted by molar-refractivity contribution is 0.281. The van der Waals surface area contributed by atoms with Gasteiger partial charge in [0.15, 0.2) is 0 Å². The molecule has 0 amide bonds. The van der Waals surface area contributed by atoms with E-state index in [0.717, 1.165) is 11.4 Å². The van der Waals surface area contributed by atoms with E-state index >= 15 is 0 Å². The van der Waals surface area contributed by atoms with Crippen LogP contribution in [-0.4, -0.2) is 10.1 Å². The second kappa shape index (κ2) is 3.15. The molecule has 0 fully saturated rings. The summed E-state index contributed by atoms with van der Waals surface area (Å²) in [6, 6.07) is 0. The lowest BCUT2D eigenvalue weighted by Gasteiger charge is -2.15. The Kier molecular flexibility index (Phi) is 2.15. The molecule has 66 valence electrons. The maximum absolute atomic E-state index is 8.92.